The van der Waals surface area contributed by atoms with Crippen molar-refractivity contribution in [3.8, 4) is 0 Å². The number of hydrogen-bond acceptors (Lipinski definition) is 2. The number of nitrogens with zero attached hydrogens (tertiary/aromatic N) is 1. The summed E-state index contributed by atoms with van der Waals surface area (Å²) in [4.78, 5) is 27.4. The minimum Gasteiger partial charge on any atom is -0.351 e. The third kappa shape index (κ3) is 6.39. The van der Waals surface area contributed by atoms with Crippen molar-refractivity contribution in [2.75, 3.05) is 12.4 Å². The summed E-state index contributed by atoms with van der Waals surface area (Å²) in [5, 5.41) is 3.78. The fourth-order valence-corrected chi connectivity index (χ4v) is 3.88. The van der Waals surface area contributed by atoms with Gasteiger partial charge in [-0.2, -0.15) is 0 Å². The molecule has 0 aromatic heterocycles. The molecule has 27 heavy (non-hydrogen) atoms. The number of amides is 2. The van der Waals surface area contributed by atoms with Gasteiger partial charge in [-0.3, -0.25) is 9.59 Å². The summed E-state index contributed by atoms with van der Waals surface area (Å²) >= 11 is 11.9. The predicted molar refractivity (Wildman–Crippen MR) is 111 cm³/mol. The van der Waals surface area contributed by atoms with Crippen LogP contribution in [-0.2, 0) is 9.59 Å². The molecule has 1 saturated carbocycles. The first-order chi connectivity index (χ1) is 13.0. The lowest BCUT2D eigenvalue weighted by Crippen LogP contribution is -2.48. The van der Waals surface area contributed by atoms with E-state index in [4.69, 9.17) is 23.2 Å². The molecule has 1 aromatic rings. The van der Waals surface area contributed by atoms with Crippen LogP contribution in [0.2, 0.25) is 5.02 Å². The molecule has 0 heterocycles. The molecule has 1 fully saturated rings. The SMILES string of the molecule is CCCCN(C(=O)CCl)[C@@H](C(=O)NC1CCC(C)CC1)c1ccc(Cl)cc1. The standard InChI is InChI=1S/C21H30Cl2N2O2/c1-3-4-13-25(19(26)14-22)20(16-7-9-17(23)10-8-16)21(27)24-18-11-5-15(2)6-12-18/h7-10,15,18,20H,3-6,11-14H2,1-2H3,(H,24,27)/t15?,18?,20-/m1/s1. The number of halogens is 2. The lowest BCUT2D eigenvalue weighted by molar-refractivity contribution is -0.139. The van der Waals surface area contributed by atoms with Crippen molar-refractivity contribution in [2.24, 2.45) is 5.92 Å². The Balaban J connectivity index is 2.25. The van der Waals surface area contributed by atoms with Crippen LogP contribution in [0.5, 0.6) is 0 Å². The molecule has 1 N–H and O–H groups in total. The number of carbonyl (C=O) groups is 2. The Hall–Kier alpha value is -1.26. The molecule has 1 atom stereocenters. The smallest absolute Gasteiger partial charge is 0.247 e. The number of alkyl halides is 1. The van der Waals surface area contributed by atoms with Crippen LogP contribution in [-0.4, -0.2) is 35.2 Å². The molecule has 150 valence electrons. The second-order valence-corrected chi connectivity index (χ2v) is 8.20. The first-order valence-corrected chi connectivity index (χ1v) is 10.8. The summed E-state index contributed by atoms with van der Waals surface area (Å²) in [6.07, 6.45) is 5.97. The van der Waals surface area contributed by atoms with Gasteiger partial charge in [0, 0.05) is 17.6 Å². The summed E-state index contributed by atoms with van der Waals surface area (Å²) in [5.74, 6) is 0.218. The zero-order valence-corrected chi connectivity index (χ0v) is 17.7. The Morgan fingerprint density at radius 3 is 2.37 bits per heavy atom. The molecule has 0 spiro atoms. The number of unbranched alkanes of at least 4 members (excludes halogenated alkanes) is 1. The van der Waals surface area contributed by atoms with E-state index in [0.29, 0.717) is 17.5 Å². The van der Waals surface area contributed by atoms with E-state index >= 15 is 0 Å². The largest absolute Gasteiger partial charge is 0.351 e. The van der Waals surface area contributed by atoms with Crippen molar-refractivity contribution in [3.05, 3.63) is 34.9 Å². The van der Waals surface area contributed by atoms with E-state index in [-0.39, 0.29) is 23.7 Å². The predicted octanol–water partition coefficient (Wildman–Crippen LogP) is 4.94. The topological polar surface area (TPSA) is 49.4 Å². The molecule has 1 aromatic carbocycles. The van der Waals surface area contributed by atoms with Gasteiger partial charge in [0.15, 0.2) is 0 Å². The zero-order valence-electron chi connectivity index (χ0n) is 16.2. The molecular formula is C21H30Cl2N2O2. The van der Waals surface area contributed by atoms with Gasteiger partial charge in [-0.05, 0) is 55.7 Å². The maximum absolute atomic E-state index is 13.2. The quantitative estimate of drug-likeness (QED) is 0.614. The summed E-state index contributed by atoms with van der Waals surface area (Å²) < 4.78 is 0. The second-order valence-electron chi connectivity index (χ2n) is 7.49. The van der Waals surface area contributed by atoms with E-state index in [1.807, 2.05) is 12.1 Å². The van der Waals surface area contributed by atoms with Gasteiger partial charge >= 0.3 is 0 Å². The fraction of sp³-hybridized carbons (Fsp3) is 0.619. The van der Waals surface area contributed by atoms with Gasteiger partial charge < -0.3 is 10.2 Å². The number of rotatable bonds is 8. The van der Waals surface area contributed by atoms with Gasteiger partial charge in [-0.15, -0.1) is 11.6 Å². The molecular weight excluding hydrogens is 383 g/mol. The van der Waals surface area contributed by atoms with Crippen LogP contribution < -0.4 is 5.32 Å². The molecule has 0 unspecified atom stereocenters. The highest BCUT2D eigenvalue weighted by Crippen LogP contribution is 2.27. The van der Waals surface area contributed by atoms with Crippen LogP contribution in [0.4, 0.5) is 0 Å². The number of carbonyl (C=O) groups excluding carboxylic acids is 2. The van der Waals surface area contributed by atoms with Crippen LogP contribution in [0, 0.1) is 5.92 Å². The first kappa shape index (κ1) is 22.0. The molecule has 4 nitrogen and oxygen atoms in total. The van der Waals surface area contributed by atoms with Gasteiger partial charge in [0.25, 0.3) is 0 Å². The van der Waals surface area contributed by atoms with Gasteiger partial charge in [0.1, 0.15) is 11.9 Å². The van der Waals surface area contributed by atoms with E-state index in [2.05, 4.69) is 19.2 Å². The monoisotopic (exact) mass is 412 g/mol. The molecule has 0 bridgehead atoms. The lowest BCUT2D eigenvalue weighted by atomic mass is 9.87. The zero-order chi connectivity index (χ0) is 19.8. The Kier molecular flexibility index (Phi) is 8.91. The molecule has 6 heteroatoms. The van der Waals surface area contributed by atoms with Gasteiger partial charge in [0.2, 0.25) is 11.8 Å². The maximum atomic E-state index is 13.2. The Morgan fingerprint density at radius 2 is 1.81 bits per heavy atom. The number of nitrogens with one attached hydrogen (secondary N) is 1. The number of hydrogen-bond donors (Lipinski definition) is 1. The fourth-order valence-electron chi connectivity index (χ4n) is 3.61. The Labute approximate surface area is 172 Å². The first-order valence-electron chi connectivity index (χ1n) is 9.87. The van der Waals surface area contributed by atoms with E-state index in [1.165, 1.54) is 0 Å². The summed E-state index contributed by atoms with van der Waals surface area (Å²) in [6.45, 7) is 4.81. The van der Waals surface area contributed by atoms with E-state index in [0.717, 1.165) is 44.1 Å². The molecule has 2 amide bonds. The van der Waals surface area contributed by atoms with Crippen LogP contribution >= 0.6 is 23.2 Å². The Bertz CT molecular complexity index is 613. The summed E-state index contributed by atoms with van der Waals surface area (Å²) in [5.41, 5.74) is 0.760. The van der Waals surface area contributed by atoms with Gasteiger partial charge in [-0.1, -0.05) is 44.0 Å². The summed E-state index contributed by atoms with van der Waals surface area (Å²) in [6, 6.07) is 6.62. The van der Waals surface area contributed by atoms with Crippen LogP contribution in [0.25, 0.3) is 0 Å². The maximum Gasteiger partial charge on any atom is 0.247 e. The number of benzene rings is 1. The van der Waals surface area contributed by atoms with E-state index in [1.54, 1.807) is 17.0 Å². The Morgan fingerprint density at radius 1 is 1.19 bits per heavy atom. The van der Waals surface area contributed by atoms with Crippen molar-refractivity contribution >= 4 is 35.0 Å². The van der Waals surface area contributed by atoms with Crippen molar-refractivity contribution in [1.29, 1.82) is 0 Å². The lowest BCUT2D eigenvalue weighted by Gasteiger charge is -2.34. The average molecular weight is 413 g/mol. The van der Waals surface area contributed by atoms with Gasteiger partial charge in [0.05, 0.1) is 0 Å². The van der Waals surface area contributed by atoms with Crippen molar-refractivity contribution in [2.45, 2.75) is 64.5 Å². The molecule has 0 aliphatic heterocycles. The van der Waals surface area contributed by atoms with Crippen LogP contribution in [0.3, 0.4) is 0 Å². The molecule has 0 radical (unpaired) electrons. The average Bonchev–Trinajstić information content (AvgIpc) is 2.67. The highest BCUT2D eigenvalue weighted by Gasteiger charge is 2.32. The normalized spacial score (nSPS) is 20.7. The van der Waals surface area contributed by atoms with Crippen molar-refractivity contribution in [1.82, 2.24) is 10.2 Å². The third-order valence-electron chi connectivity index (χ3n) is 5.30. The van der Waals surface area contributed by atoms with Crippen LogP contribution in [0.15, 0.2) is 24.3 Å². The highest BCUT2D eigenvalue weighted by molar-refractivity contribution is 6.30. The molecule has 1 aliphatic carbocycles. The van der Waals surface area contributed by atoms with Gasteiger partial charge in [-0.25, -0.2) is 0 Å². The molecule has 2 rings (SSSR count). The second kappa shape index (κ2) is 10.9. The van der Waals surface area contributed by atoms with Crippen molar-refractivity contribution < 1.29 is 9.59 Å². The summed E-state index contributed by atoms with van der Waals surface area (Å²) in [7, 11) is 0. The molecule has 1 aliphatic rings. The minimum atomic E-state index is -0.681. The van der Waals surface area contributed by atoms with Crippen LogP contribution in [0.1, 0.15) is 64.0 Å². The van der Waals surface area contributed by atoms with E-state index < -0.39 is 6.04 Å². The van der Waals surface area contributed by atoms with E-state index in [9.17, 15) is 9.59 Å². The third-order valence-corrected chi connectivity index (χ3v) is 5.78. The molecule has 0 saturated heterocycles. The highest BCUT2D eigenvalue weighted by atomic mass is 35.5. The minimum absolute atomic E-state index is 0.133. The van der Waals surface area contributed by atoms with Crippen molar-refractivity contribution in [3.63, 3.8) is 0 Å².